The average Bonchev–Trinajstić information content (AvgIpc) is 3.45. The molecule has 6 heteroatoms. The minimum Gasteiger partial charge on any atom is -0.492 e. The number of esters is 1. The first-order chi connectivity index (χ1) is 12.3. The number of benzene rings is 1. The smallest absolute Gasteiger partial charge is 0.341 e. The molecule has 0 aliphatic heterocycles. The van der Waals surface area contributed by atoms with Crippen molar-refractivity contribution in [2.24, 2.45) is 11.8 Å². The van der Waals surface area contributed by atoms with Gasteiger partial charge in [0.1, 0.15) is 16.9 Å². The van der Waals surface area contributed by atoms with Gasteiger partial charge < -0.3 is 19.5 Å². The Labute approximate surface area is 155 Å². The zero-order chi connectivity index (χ0) is 19.3. The SMILES string of the molecule is CCO[C@@](C)(C(=O)Nc1ccc(OCC(C)C)c(C(=O)OC)c1)C1CC1. The molecule has 0 heterocycles. The lowest BCUT2D eigenvalue weighted by Gasteiger charge is -2.28. The first kappa shape index (κ1) is 20.2. The van der Waals surface area contributed by atoms with E-state index in [2.05, 4.69) is 5.32 Å². The maximum Gasteiger partial charge on any atom is 0.341 e. The lowest BCUT2D eigenvalue weighted by molar-refractivity contribution is -0.141. The van der Waals surface area contributed by atoms with Crippen molar-refractivity contribution in [1.82, 2.24) is 0 Å². The van der Waals surface area contributed by atoms with Gasteiger partial charge in [0.05, 0.1) is 13.7 Å². The second-order valence-electron chi connectivity index (χ2n) is 7.18. The lowest BCUT2D eigenvalue weighted by atomic mass is 9.98. The fraction of sp³-hybridized carbons (Fsp3) is 0.600. The summed E-state index contributed by atoms with van der Waals surface area (Å²) >= 11 is 0. The van der Waals surface area contributed by atoms with E-state index in [0.29, 0.717) is 30.6 Å². The number of methoxy groups -OCH3 is 1. The molecule has 0 saturated heterocycles. The first-order valence-corrected chi connectivity index (χ1v) is 9.12. The Balaban J connectivity index is 2.21. The van der Waals surface area contributed by atoms with Gasteiger partial charge in [-0.3, -0.25) is 4.79 Å². The van der Waals surface area contributed by atoms with Gasteiger partial charge in [0.2, 0.25) is 0 Å². The van der Waals surface area contributed by atoms with Gasteiger partial charge in [-0.05, 0) is 56.7 Å². The van der Waals surface area contributed by atoms with E-state index in [-0.39, 0.29) is 17.4 Å². The van der Waals surface area contributed by atoms with Crippen molar-refractivity contribution in [1.29, 1.82) is 0 Å². The number of carbonyl (C=O) groups is 2. The van der Waals surface area contributed by atoms with E-state index in [1.54, 1.807) is 18.2 Å². The topological polar surface area (TPSA) is 73.9 Å². The van der Waals surface area contributed by atoms with Gasteiger partial charge in [-0.25, -0.2) is 4.79 Å². The van der Waals surface area contributed by atoms with Gasteiger partial charge in [-0.2, -0.15) is 0 Å². The van der Waals surface area contributed by atoms with Crippen LogP contribution in [0.1, 0.15) is 50.9 Å². The van der Waals surface area contributed by atoms with Crippen LogP contribution in [0.15, 0.2) is 18.2 Å². The van der Waals surface area contributed by atoms with Crippen molar-refractivity contribution < 1.29 is 23.8 Å². The molecule has 1 N–H and O–H groups in total. The quantitative estimate of drug-likeness (QED) is 0.678. The second kappa shape index (κ2) is 8.54. The minimum absolute atomic E-state index is 0.200. The van der Waals surface area contributed by atoms with E-state index in [1.807, 2.05) is 27.7 Å². The van der Waals surface area contributed by atoms with Crippen molar-refractivity contribution in [2.45, 2.75) is 46.1 Å². The number of carbonyl (C=O) groups excluding carboxylic acids is 2. The van der Waals surface area contributed by atoms with Crippen LogP contribution >= 0.6 is 0 Å². The molecular formula is C20H29NO5. The molecule has 1 saturated carbocycles. The van der Waals surface area contributed by atoms with Gasteiger partial charge in [0.15, 0.2) is 0 Å². The van der Waals surface area contributed by atoms with Crippen LogP contribution in [0.25, 0.3) is 0 Å². The molecule has 1 aliphatic carbocycles. The number of rotatable bonds is 9. The predicted molar refractivity (Wildman–Crippen MR) is 99.5 cm³/mol. The van der Waals surface area contributed by atoms with Crippen LogP contribution in [0.2, 0.25) is 0 Å². The molecule has 0 bridgehead atoms. The normalized spacial score (nSPS) is 16.1. The second-order valence-corrected chi connectivity index (χ2v) is 7.18. The fourth-order valence-electron chi connectivity index (χ4n) is 2.82. The third kappa shape index (κ3) is 4.75. The Bertz CT molecular complexity index is 654. The summed E-state index contributed by atoms with van der Waals surface area (Å²) in [5.74, 6) is 0.294. The third-order valence-electron chi connectivity index (χ3n) is 4.47. The summed E-state index contributed by atoms with van der Waals surface area (Å²) in [6, 6.07) is 4.98. The molecule has 0 radical (unpaired) electrons. The summed E-state index contributed by atoms with van der Waals surface area (Å²) in [5.41, 5.74) is -0.0538. The lowest BCUT2D eigenvalue weighted by Crippen LogP contribution is -2.44. The molecule has 144 valence electrons. The van der Waals surface area contributed by atoms with Crippen LogP contribution in [0, 0.1) is 11.8 Å². The summed E-state index contributed by atoms with van der Waals surface area (Å²) in [6.07, 6.45) is 1.97. The Morgan fingerprint density at radius 1 is 1.31 bits per heavy atom. The Morgan fingerprint density at radius 3 is 2.54 bits per heavy atom. The maximum absolute atomic E-state index is 12.8. The van der Waals surface area contributed by atoms with E-state index in [4.69, 9.17) is 14.2 Å². The maximum atomic E-state index is 12.8. The monoisotopic (exact) mass is 363 g/mol. The van der Waals surface area contributed by atoms with Crippen LogP contribution in [0.4, 0.5) is 5.69 Å². The zero-order valence-electron chi connectivity index (χ0n) is 16.3. The molecule has 0 aromatic heterocycles. The van der Waals surface area contributed by atoms with Crippen LogP contribution in [0.3, 0.4) is 0 Å². The molecule has 6 nitrogen and oxygen atoms in total. The number of ether oxygens (including phenoxy) is 3. The molecule has 2 rings (SSSR count). The molecule has 26 heavy (non-hydrogen) atoms. The number of nitrogens with one attached hydrogen (secondary N) is 1. The van der Waals surface area contributed by atoms with Crippen molar-refractivity contribution in [3.8, 4) is 5.75 Å². The molecule has 1 atom stereocenters. The highest BCUT2D eigenvalue weighted by Gasteiger charge is 2.48. The zero-order valence-corrected chi connectivity index (χ0v) is 16.3. The van der Waals surface area contributed by atoms with E-state index in [0.717, 1.165) is 12.8 Å². The van der Waals surface area contributed by atoms with Crippen molar-refractivity contribution in [3.63, 3.8) is 0 Å². The Hall–Kier alpha value is -2.08. The van der Waals surface area contributed by atoms with E-state index < -0.39 is 11.6 Å². The Kier molecular flexibility index (Phi) is 6.64. The number of hydrogen-bond donors (Lipinski definition) is 1. The summed E-state index contributed by atoms with van der Waals surface area (Å²) in [4.78, 5) is 24.9. The fourth-order valence-corrected chi connectivity index (χ4v) is 2.82. The minimum atomic E-state index is -0.854. The summed E-state index contributed by atoms with van der Waals surface area (Å²) in [5, 5.41) is 2.87. The third-order valence-corrected chi connectivity index (χ3v) is 4.47. The molecule has 1 aromatic rings. The Morgan fingerprint density at radius 2 is 2.00 bits per heavy atom. The molecule has 1 aliphatic rings. The van der Waals surface area contributed by atoms with Gasteiger partial charge in [-0.15, -0.1) is 0 Å². The first-order valence-electron chi connectivity index (χ1n) is 9.12. The van der Waals surface area contributed by atoms with Crippen molar-refractivity contribution in [3.05, 3.63) is 23.8 Å². The largest absolute Gasteiger partial charge is 0.492 e. The molecule has 1 amide bonds. The van der Waals surface area contributed by atoms with Crippen molar-refractivity contribution >= 4 is 17.6 Å². The number of hydrogen-bond acceptors (Lipinski definition) is 5. The molecule has 0 unspecified atom stereocenters. The highest BCUT2D eigenvalue weighted by atomic mass is 16.5. The standard InChI is InChI=1S/C20H29NO5/c1-6-26-20(4,14-7-8-14)19(23)21-15-9-10-17(25-12-13(2)3)16(11-15)18(22)24-5/h9-11,13-14H,6-8,12H2,1-5H3,(H,21,23)/t20-/m1/s1. The summed E-state index contributed by atoms with van der Waals surface area (Å²) < 4.78 is 16.3. The average molecular weight is 363 g/mol. The van der Waals surface area contributed by atoms with Gasteiger partial charge in [-0.1, -0.05) is 13.8 Å². The van der Waals surface area contributed by atoms with Gasteiger partial charge in [0.25, 0.3) is 5.91 Å². The van der Waals surface area contributed by atoms with Gasteiger partial charge >= 0.3 is 5.97 Å². The van der Waals surface area contributed by atoms with Crippen LogP contribution in [-0.2, 0) is 14.3 Å². The van der Waals surface area contributed by atoms with Gasteiger partial charge in [0, 0.05) is 12.3 Å². The van der Waals surface area contributed by atoms with E-state index in [9.17, 15) is 9.59 Å². The molecule has 1 aromatic carbocycles. The molecule has 1 fully saturated rings. The van der Waals surface area contributed by atoms with Crippen molar-refractivity contribution in [2.75, 3.05) is 25.6 Å². The summed E-state index contributed by atoms with van der Waals surface area (Å²) in [7, 11) is 1.32. The predicted octanol–water partition coefficient (Wildman–Crippen LogP) is 3.65. The number of anilines is 1. The highest BCUT2D eigenvalue weighted by Crippen LogP contribution is 2.42. The van der Waals surface area contributed by atoms with Crippen LogP contribution in [-0.4, -0.2) is 37.8 Å². The van der Waals surface area contributed by atoms with E-state index in [1.165, 1.54) is 7.11 Å². The van der Waals surface area contributed by atoms with E-state index >= 15 is 0 Å². The molecule has 0 spiro atoms. The molecular weight excluding hydrogens is 334 g/mol. The van der Waals surface area contributed by atoms with Crippen LogP contribution < -0.4 is 10.1 Å². The summed E-state index contributed by atoms with van der Waals surface area (Å²) in [6.45, 7) is 8.71. The van der Waals surface area contributed by atoms with Crippen LogP contribution in [0.5, 0.6) is 5.75 Å². The number of amides is 1. The highest BCUT2D eigenvalue weighted by molar-refractivity contribution is 5.99.